The molecule has 0 aromatic heterocycles. The lowest BCUT2D eigenvalue weighted by atomic mass is 9.58. The normalized spacial score (nSPS) is 18.0. The van der Waals surface area contributed by atoms with Crippen molar-refractivity contribution in [3.05, 3.63) is 0 Å². The molecule has 0 aliphatic carbocycles. The minimum atomic E-state index is -0.932. The van der Waals surface area contributed by atoms with Crippen LogP contribution in [-0.4, -0.2) is 15.6 Å². The largest absolute Gasteiger partial charge is 0.380 e. The van der Waals surface area contributed by atoms with E-state index in [0.717, 1.165) is 12.8 Å². The Morgan fingerprint density at radius 3 is 1.40 bits per heavy atom. The first-order valence-electron chi connectivity index (χ1n) is 7.61. The van der Waals surface area contributed by atoms with Crippen LogP contribution in [0.15, 0.2) is 0 Å². The zero-order valence-electron chi connectivity index (χ0n) is 15.1. The van der Waals surface area contributed by atoms with Crippen LogP contribution in [0.3, 0.4) is 0 Å². The molecule has 0 amide bonds. The lowest BCUT2D eigenvalue weighted by Gasteiger charge is -2.49. The number of nitrogens with two attached hydrogens (primary N) is 1. The lowest BCUT2D eigenvalue weighted by Crippen LogP contribution is -2.43. The van der Waals surface area contributed by atoms with Crippen molar-refractivity contribution >= 4 is 12.6 Å². The van der Waals surface area contributed by atoms with Crippen LogP contribution in [0, 0.1) is 16.2 Å². The number of hydrogen-bond acceptors (Lipinski definition) is 3. The summed E-state index contributed by atoms with van der Waals surface area (Å²) in [4.78, 5) is -0.932. The number of rotatable bonds is 7. The van der Waals surface area contributed by atoms with Gasteiger partial charge in [-0.25, -0.2) is 0 Å². The molecule has 0 saturated carbocycles. The van der Waals surface area contributed by atoms with Crippen LogP contribution in [0.2, 0.25) is 0 Å². The maximum atomic E-state index is 10.0. The minimum Gasteiger partial charge on any atom is -0.380 e. The predicted octanol–water partition coefficient (Wildman–Crippen LogP) is 4.61. The predicted molar refractivity (Wildman–Crippen MR) is 93.1 cm³/mol. The van der Waals surface area contributed by atoms with Crippen LogP contribution in [-0.2, 0) is 0 Å². The second kappa shape index (κ2) is 5.81. The first-order chi connectivity index (χ1) is 8.37. The minimum absolute atomic E-state index is 0.00569. The fourth-order valence-corrected chi connectivity index (χ4v) is 4.20. The van der Waals surface area contributed by atoms with Crippen molar-refractivity contribution in [1.82, 2.24) is 0 Å². The van der Waals surface area contributed by atoms with Crippen molar-refractivity contribution in [2.45, 2.75) is 92.0 Å². The highest BCUT2D eigenvalue weighted by Crippen LogP contribution is 2.51. The molecule has 20 heavy (non-hydrogen) atoms. The Morgan fingerprint density at radius 2 is 1.10 bits per heavy atom. The van der Waals surface area contributed by atoms with Gasteiger partial charge in [0.25, 0.3) is 0 Å². The standard InChI is InChI=1S/C17H37NOS/c1-13(2,11-16(7,8)18)10-14(3,4)15(5,6)12-17(9,19)20/h19-20H,10-12,18H2,1-9H3. The van der Waals surface area contributed by atoms with Crippen molar-refractivity contribution < 1.29 is 5.11 Å². The third-order valence-corrected chi connectivity index (χ3v) is 4.62. The molecular weight excluding hydrogens is 266 g/mol. The van der Waals surface area contributed by atoms with Crippen LogP contribution in [0.4, 0.5) is 0 Å². The maximum Gasteiger partial charge on any atom is 0.105 e. The number of hydrogen-bond donors (Lipinski definition) is 3. The highest BCUT2D eigenvalue weighted by molar-refractivity contribution is 7.81. The maximum absolute atomic E-state index is 10.0. The van der Waals surface area contributed by atoms with Gasteiger partial charge in [0, 0.05) is 5.54 Å². The molecule has 0 radical (unpaired) electrons. The van der Waals surface area contributed by atoms with Crippen LogP contribution >= 0.6 is 12.6 Å². The van der Waals surface area contributed by atoms with Gasteiger partial charge >= 0.3 is 0 Å². The second-order valence-electron chi connectivity index (χ2n) is 9.67. The molecule has 0 rings (SSSR count). The average Bonchev–Trinajstić information content (AvgIpc) is 1.88. The highest BCUT2D eigenvalue weighted by atomic mass is 32.1. The summed E-state index contributed by atoms with van der Waals surface area (Å²) in [6.45, 7) is 19.5. The molecule has 0 heterocycles. The quantitative estimate of drug-likeness (QED) is 0.475. The molecule has 0 saturated heterocycles. The molecule has 0 aromatic carbocycles. The molecule has 1 unspecified atom stereocenters. The van der Waals surface area contributed by atoms with Crippen molar-refractivity contribution in [3.8, 4) is 0 Å². The topological polar surface area (TPSA) is 46.2 Å². The molecule has 122 valence electrons. The van der Waals surface area contributed by atoms with E-state index >= 15 is 0 Å². The highest BCUT2D eigenvalue weighted by Gasteiger charge is 2.44. The summed E-state index contributed by atoms with van der Waals surface area (Å²) in [7, 11) is 0. The molecule has 3 N–H and O–H groups in total. The molecule has 1 atom stereocenters. The molecular formula is C17H37NOS. The third-order valence-electron chi connectivity index (χ3n) is 4.46. The molecule has 0 aliphatic heterocycles. The Bertz CT molecular complexity index is 319. The SMILES string of the molecule is CC(C)(N)CC(C)(C)CC(C)(C)C(C)(C)CC(C)(O)S. The van der Waals surface area contributed by atoms with Gasteiger partial charge in [-0.05, 0) is 56.3 Å². The number of aliphatic hydroxyl groups is 1. The van der Waals surface area contributed by atoms with Gasteiger partial charge in [-0.15, -0.1) is 12.6 Å². The second-order valence-corrected chi connectivity index (χ2v) is 10.6. The van der Waals surface area contributed by atoms with Crippen LogP contribution in [0.25, 0.3) is 0 Å². The fourth-order valence-electron chi connectivity index (χ4n) is 3.81. The summed E-state index contributed by atoms with van der Waals surface area (Å²) in [5.74, 6) is 0. The Morgan fingerprint density at radius 1 is 0.750 bits per heavy atom. The van der Waals surface area contributed by atoms with Crippen LogP contribution < -0.4 is 5.73 Å². The van der Waals surface area contributed by atoms with Gasteiger partial charge in [-0.3, -0.25) is 0 Å². The summed E-state index contributed by atoms with van der Waals surface area (Å²) in [5, 5.41) is 10.0. The van der Waals surface area contributed by atoms with Crippen molar-refractivity contribution in [2.75, 3.05) is 0 Å². The van der Waals surface area contributed by atoms with Crippen molar-refractivity contribution in [2.24, 2.45) is 22.0 Å². The smallest absolute Gasteiger partial charge is 0.105 e. The zero-order valence-corrected chi connectivity index (χ0v) is 16.0. The molecule has 0 fully saturated rings. The first-order valence-corrected chi connectivity index (χ1v) is 8.05. The zero-order chi connectivity index (χ0) is 16.6. The van der Waals surface area contributed by atoms with Gasteiger partial charge in [0.2, 0.25) is 0 Å². The third kappa shape index (κ3) is 7.33. The van der Waals surface area contributed by atoms with E-state index in [2.05, 4.69) is 68.0 Å². The van der Waals surface area contributed by atoms with E-state index in [-0.39, 0.29) is 21.8 Å². The van der Waals surface area contributed by atoms with Gasteiger partial charge < -0.3 is 10.8 Å². The van der Waals surface area contributed by atoms with E-state index in [9.17, 15) is 5.11 Å². The van der Waals surface area contributed by atoms with Crippen LogP contribution in [0.1, 0.15) is 81.6 Å². The van der Waals surface area contributed by atoms with E-state index in [1.807, 2.05) is 0 Å². The van der Waals surface area contributed by atoms with Gasteiger partial charge in [0.1, 0.15) is 4.93 Å². The van der Waals surface area contributed by atoms with E-state index < -0.39 is 4.93 Å². The van der Waals surface area contributed by atoms with E-state index in [0.29, 0.717) is 6.42 Å². The summed E-state index contributed by atoms with van der Waals surface area (Å²) < 4.78 is 0. The molecule has 0 spiro atoms. The lowest BCUT2D eigenvalue weighted by molar-refractivity contribution is -0.00544. The summed E-state index contributed by atoms with van der Waals surface area (Å²) in [6, 6.07) is 0. The van der Waals surface area contributed by atoms with Crippen LogP contribution in [0.5, 0.6) is 0 Å². The van der Waals surface area contributed by atoms with Gasteiger partial charge in [0.15, 0.2) is 0 Å². The summed E-state index contributed by atoms with van der Waals surface area (Å²) in [5.41, 5.74) is 6.30. The monoisotopic (exact) mass is 303 g/mol. The van der Waals surface area contributed by atoms with E-state index in [1.54, 1.807) is 6.92 Å². The van der Waals surface area contributed by atoms with E-state index in [1.165, 1.54) is 0 Å². The fraction of sp³-hybridized carbons (Fsp3) is 1.00. The van der Waals surface area contributed by atoms with Crippen molar-refractivity contribution in [1.29, 1.82) is 0 Å². The molecule has 2 nitrogen and oxygen atoms in total. The summed E-state index contributed by atoms with van der Waals surface area (Å²) in [6.07, 6.45) is 2.71. The van der Waals surface area contributed by atoms with Gasteiger partial charge in [0.05, 0.1) is 0 Å². The number of thiol groups is 1. The van der Waals surface area contributed by atoms with Gasteiger partial charge in [-0.2, -0.15) is 0 Å². The van der Waals surface area contributed by atoms with Crippen molar-refractivity contribution in [3.63, 3.8) is 0 Å². The Kier molecular flexibility index (Phi) is 5.89. The van der Waals surface area contributed by atoms with E-state index in [4.69, 9.17) is 5.73 Å². The average molecular weight is 304 g/mol. The molecule has 0 aromatic rings. The van der Waals surface area contributed by atoms with Gasteiger partial charge in [-0.1, -0.05) is 41.5 Å². The summed E-state index contributed by atoms with van der Waals surface area (Å²) >= 11 is 4.30. The molecule has 0 bridgehead atoms. The Hall–Kier alpha value is 0.270. The Balaban J connectivity index is 5.05. The molecule has 3 heteroatoms. The Labute approximate surface area is 132 Å². The molecule has 0 aliphatic rings. The first kappa shape index (κ1) is 20.3.